The largest absolute Gasteiger partial charge is 0.496 e. The van der Waals surface area contributed by atoms with Crippen molar-refractivity contribution in [3.05, 3.63) is 29.3 Å². The van der Waals surface area contributed by atoms with Gasteiger partial charge in [0, 0.05) is 18.2 Å². The predicted octanol–water partition coefficient (Wildman–Crippen LogP) is 3.63. The summed E-state index contributed by atoms with van der Waals surface area (Å²) in [4.78, 5) is 0. The molecule has 2 unspecified atom stereocenters. The number of benzene rings is 1. The lowest BCUT2D eigenvalue weighted by Gasteiger charge is -2.31. The van der Waals surface area contributed by atoms with Gasteiger partial charge < -0.3 is 10.1 Å². The summed E-state index contributed by atoms with van der Waals surface area (Å²) in [7, 11) is 1.68. The Morgan fingerprint density at radius 1 is 1.35 bits per heavy atom. The van der Waals surface area contributed by atoms with Gasteiger partial charge in [-0.05, 0) is 37.0 Å². The summed E-state index contributed by atoms with van der Waals surface area (Å²) in [5, 5.41) is 12.7. The maximum absolute atomic E-state index is 9.01. The second-order valence-electron chi connectivity index (χ2n) is 5.58. The predicted molar refractivity (Wildman–Crippen MR) is 80.6 cm³/mol. The molecule has 2 atom stereocenters. The molecule has 0 spiro atoms. The maximum atomic E-state index is 9.01. The highest BCUT2D eigenvalue weighted by atomic mass is 16.5. The molecule has 108 valence electrons. The summed E-state index contributed by atoms with van der Waals surface area (Å²) >= 11 is 0. The van der Waals surface area contributed by atoms with Crippen LogP contribution in [0.4, 0.5) is 0 Å². The molecule has 3 heteroatoms. The zero-order valence-electron chi connectivity index (χ0n) is 12.5. The molecule has 2 rings (SSSR count). The van der Waals surface area contributed by atoms with Crippen LogP contribution in [0.25, 0.3) is 0 Å². The van der Waals surface area contributed by atoms with Crippen LogP contribution in [0.5, 0.6) is 5.75 Å². The van der Waals surface area contributed by atoms with Crippen molar-refractivity contribution in [2.45, 2.75) is 51.6 Å². The molecule has 0 heterocycles. The van der Waals surface area contributed by atoms with Crippen molar-refractivity contribution in [3.8, 4) is 11.8 Å². The Balaban J connectivity index is 2.04. The van der Waals surface area contributed by atoms with Crippen LogP contribution in [0.2, 0.25) is 0 Å². The number of hydrogen-bond acceptors (Lipinski definition) is 3. The van der Waals surface area contributed by atoms with Gasteiger partial charge in [-0.3, -0.25) is 0 Å². The van der Waals surface area contributed by atoms with Crippen molar-refractivity contribution in [2.24, 2.45) is 5.92 Å². The second-order valence-corrected chi connectivity index (χ2v) is 5.58. The Morgan fingerprint density at radius 3 is 2.85 bits per heavy atom. The van der Waals surface area contributed by atoms with Gasteiger partial charge in [0.2, 0.25) is 0 Å². The monoisotopic (exact) mass is 272 g/mol. The summed E-state index contributed by atoms with van der Waals surface area (Å²) in [6, 6.07) is 8.41. The minimum atomic E-state index is 0.601. The molecule has 0 amide bonds. The molecule has 1 aliphatic carbocycles. The first-order chi connectivity index (χ1) is 9.78. The lowest BCUT2D eigenvalue weighted by molar-refractivity contribution is 0.253. The van der Waals surface area contributed by atoms with Crippen molar-refractivity contribution >= 4 is 0 Å². The SMILES string of the molecule is CCC1CCCCC1NCc1cc(C#N)ccc1OC. The van der Waals surface area contributed by atoms with E-state index in [1.807, 2.05) is 12.1 Å². The van der Waals surface area contributed by atoms with E-state index in [1.165, 1.54) is 32.1 Å². The third-order valence-corrected chi connectivity index (χ3v) is 4.40. The first kappa shape index (κ1) is 14.9. The van der Waals surface area contributed by atoms with E-state index >= 15 is 0 Å². The normalized spacial score (nSPS) is 22.2. The second kappa shape index (κ2) is 7.31. The zero-order chi connectivity index (χ0) is 14.4. The minimum absolute atomic E-state index is 0.601. The fourth-order valence-corrected chi connectivity index (χ4v) is 3.19. The Kier molecular flexibility index (Phi) is 5.43. The molecular weight excluding hydrogens is 248 g/mol. The van der Waals surface area contributed by atoms with Crippen LogP contribution in [0, 0.1) is 17.2 Å². The van der Waals surface area contributed by atoms with Crippen LogP contribution >= 0.6 is 0 Å². The number of ether oxygens (including phenoxy) is 1. The van der Waals surface area contributed by atoms with Gasteiger partial charge in [-0.15, -0.1) is 0 Å². The molecule has 20 heavy (non-hydrogen) atoms. The number of rotatable bonds is 5. The van der Waals surface area contributed by atoms with Crippen LogP contribution in [-0.4, -0.2) is 13.2 Å². The Morgan fingerprint density at radius 2 is 2.15 bits per heavy atom. The van der Waals surface area contributed by atoms with Crippen molar-refractivity contribution < 1.29 is 4.74 Å². The first-order valence-corrected chi connectivity index (χ1v) is 7.58. The molecule has 1 N–H and O–H groups in total. The molecular formula is C17H24N2O. The number of nitrogens with one attached hydrogen (secondary N) is 1. The zero-order valence-corrected chi connectivity index (χ0v) is 12.5. The topological polar surface area (TPSA) is 45.0 Å². The van der Waals surface area contributed by atoms with Crippen molar-refractivity contribution in [3.63, 3.8) is 0 Å². The van der Waals surface area contributed by atoms with E-state index in [9.17, 15) is 0 Å². The maximum Gasteiger partial charge on any atom is 0.123 e. The number of nitriles is 1. The standard InChI is InChI=1S/C17H24N2O/c1-3-14-6-4-5-7-16(14)19-12-15-10-13(11-18)8-9-17(15)20-2/h8-10,14,16,19H,3-7,12H2,1-2H3. The summed E-state index contributed by atoms with van der Waals surface area (Å²) in [6.07, 6.45) is 6.53. The molecule has 0 aliphatic heterocycles. The van der Waals surface area contributed by atoms with E-state index in [4.69, 9.17) is 10.00 Å². The van der Waals surface area contributed by atoms with Gasteiger partial charge in [-0.25, -0.2) is 0 Å². The van der Waals surface area contributed by atoms with E-state index in [-0.39, 0.29) is 0 Å². The van der Waals surface area contributed by atoms with Crippen LogP contribution in [0.15, 0.2) is 18.2 Å². The van der Waals surface area contributed by atoms with E-state index in [2.05, 4.69) is 18.3 Å². The lowest BCUT2D eigenvalue weighted by Crippen LogP contribution is -2.37. The van der Waals surface area contributed by atoms with Gasteiger partial charge >= 0.3 is 0 Å². The summed E-state index contributed by atoms with van der Waals surface area (Å²) in [5.74, 6) is 1.65. The lowest BCUT2D eigenvalue weighted by atomic mass is 9.83. The van der Waals surface area contributed by atoms with Gasteiger partial charge in [0.1, 0.15) is 5.75 Å². The molecule has 0 saturated heterocycles. The average Bonchev–Trinajstić information content (AvgIpc) is 2.52. The van der Waals surface area contributed by atoms with Gasteiger partial charge in [0.25, 0.3) is 0 Å². The van der Waals surface area contributed by atoms with Crippen molar-refractivity contribution in [1.29, 1.82) is 5.26 Å². The summed E-state index contributed by atoms with van der Waals surface area (Å²) < 4.78 is 5.39. The molecule has 0 bridgehead atoms. The number of nitrogens with zero attached hydrogens (tertiary/aromatic N) is 1. The molecule has 1 aromatic rings. The van der Waals surface area contributed by atoms with E-state index < -0.39 is 0 Å². The van der Waals surface area contributed by atoms with Gasteiger partial charge in [0.05, 0.1) is 18.7 Å². The quantitative estimate of drug-likeness (QED) is 0.890. The van der Waals surface area contributed by atoms with Crippen LogP contribution in [-0.2, 0) is 6.54 Å². The summed E-state index contributed by atoms with van der Waals surface area (Å²) in [5.41, 5.74) is 1.77. The number of hydrogen-bond donors (Lipinski definition) is 1. The highest BCUT2D eigenvalue weighted by Crippen LogP contribution is 2.28. The molecule has 0 radical (unpaired) electrons. The van der Waals surface area contributed by atoms with E-state index in [0.29, 0.717) is 11.6 Å². The highest BCUT2D eigenvalue weighted by Gasteiger charge is 2.23. The van der Waals surface area contributed by atoms with Gasteiger partial charge in [-0.2, -0.15) is 5.26 Å². The molecule has 1 aliphatic rings. The minimum Gasteiger partial charge on any atom is -0.496 e. The van der Waals surface area contributed by atoms with E-state index in [1.54, 1.807) is 13.2 Å². The van der Waals surface area contributed by atoms with Crippen LogP contribution in [0.3, 0.4) is 0 Å². The third-order valence-electron chi connectivity index (χ3n) is 4.40. The van der Waals surface area contributed by atoms with Crippen LogP contribution in [0.1, 0.15) is 50.2 Å². The Bertz CT molecular complexity index is 478. The van der Waals surface area contributed by atoms with Crippen LogP contribution < -0.4 is 10.1 Å². The molecule has 0 aromatic heterocycles. The first-order valence-electron chi connectivity index (χ1n) is 7.58. The average molecular weight is 272 g/mol. The fourth-order valence-electron chi connectivity index (χ4n) is 3.19. The van der Waals surface area contributed by atoms with E-state index in [0.717, 1.165) is 23.8 Å². The number of methoxy groups -OCH3 is 1. The Labute approximate surface area is 121 Å². The van der Waals surface area contributed by atoms with Crippen molar-refractivity contribution in [1.82, 2.24) is 5.32 Å². The third kappa shape index (κ3) is 3.52. The fraction of sp³-hybridized carbons (Fsp3) is 0.588. The summed E-state index contributed by atoms with van der Waals surface area (Å²) in [6.45, 7) is 3.06. The molecule has 1 fully saturated rings. The van der Waals surface area contributed by atoms with Gasteiger partial charge in [-0.1, -0.05) is 26.2 Å². The molecule has 1 saturated carbocycles. The molecule has 3 nitrogen and oxygen atoms in total. The van der Waals surface area contributed by atoms with Crippen molar-refractivity contribution in [2.75, 3.05) is 7.11 Å². The van der Waals surface area contributed by atoms with Gasteiger partial charge in [0.15, 0.2) is 0 Å². The Hall–Kier alpha value is -1.53. The smallest absolute Gasteiger partial charge is 0.123 e. The highest BCUT2D eigenvalue weighted by molar-refractivity contribution is 5.42. The molecule has 1 aromatic carbocycles.